The second-order valence-corrected chi connectivity index (χ2v) is 7.39. The Morgan fingerprint density at radius 3 is 2.42 bits per heavy atom. The Morgan fingerprint density at radius 2 is 1.95 bits per heavy atom. The molecule has 0 atom stereocenters. The Morgan fingerprint density at radius 1 is 1.37 bits per heavy atom. The first-order chi connectivity index (χ1) is 8.95. The van der Waals surface area contributed by atoms with Gasteiger partial charge in [0, 0.05) is 0 Å². The van der Waals surface area contributed by atoms with Gasteiger partial charge < -0.3 is 0 Å². The molecule has 0 aromatic heterocycles. The van der Waals surface area contributed by atoms with Gasteiger partial charge in [0.15, 0.2) is 14.6 Å². The van der Waals surface area contributed by atoms with Crippen molar-refractivity contribution < 1.29 is 12.8 Å². The summed E-state index contributed by atoms with van der Waals surface area (Å²) in [4.78, 5) is 0.0328. The van der Waals surface area contributed by atoms with Crippen LogP contribution in [0, 0.1) is 23.1 Å². The number of nitrogens with zero attached hydrogens (tertiary/aromatic N) is 1. The second kappa shape index (κ2) is 4.93. The summed E-state index contributed by atoms with van der Waals surface area (Å²) in [5.41, 5.74) is 0. The van der Waals surface area contributed by atoms with Gasteiger partial charge in [0.2, 0.25) is 0 Å². The van der Waals surface area contributed by atoms with E-state index in [-0.39, 0.29) is 4.90 Å². The number of hydrogen-bond acceptors (Lipinski definition) is 3. The predicted octanol–water partition coefficient (Wildman–Crippen LogP) is 3.07. The van der Waals surface area contributed by atoms with Gasteiger partial charge in [-0.05, 0) is 43.0 Å². The van der Waals surface area contributed by atoms with E-state index >= 15 is 0 Å². The standard InChI is InChI=1S/C14H16FNO2S/c1-2-3-11-8-14(9-11,10-16)19(17,18)13-6-4-12(15)5-7-13/h4-7,11H,2-3,8-9H2,1H3. The molecule has 1 aromatic rings. The molecule has 1 aliphatic rings. The van der Waals surface area contributed by atoms with E-state index in [0.717, 1.165) is 25.0 Å². The molecule has 0 spiro atoms. The Balaban J connectivity index is 2.29. The molecule has 0 saturated heterocycles. The molecule has 1 fully saturated rings. The summed E-state index contributed by atoms with van der Waals surface area (Å²) in [5.74, 6) is -0.178. The van der Waals surface area contributed by atoms with Crippen LogP contribution in [0.5, 0.6) is 0 Å². The van der Waals surface area contributed by atoms with Crippen LogP contribution in [0.2, 0.25) is 0 Å². The highest BCUT2D eigenvalue weighted by atomic mass is 32.2. The zero-order chi connectivity index (χ0) is 14.1. The fourth-order valence-electron chi connectivity index (χ4n) is 2.70. The Hall–Kier alpha value is -1.41. The average molecular weight is 281 g/mol. The van der Waals surface area contributed by atoms with Crippen molar-refractivity contribution in [2.75, 3.05) is 0 Å². The summed E-state index contributed by atoms with van der Waals surface area (Å²) in [6.45, 7) is 2.04. The highest BCUT2D eigenvalue weighted by Crippen LogP contribution is 2.48. The first-order valence-corrected chi connectivity index (χ1v) is 7.85. The lowest BCUT2D eigenvalue weighted by Gasteiger charge is -2.41. The quantitative estimate of drug-likeness (QED) is 0.797. The van der Waals surface area contributed by atoms with Crippen LogP contribution in [-0.2, 0) is 9.84 Å². The van der Waals surface area contributed by atoms with Crippen molar-refractivity contribution >= 4 is 9.84 Å². The van der Waals surface area contributed by atoms with Crippen molar-refractivity contribution in [1.29, 1.82) is 5.26 Å². The molecule has 5 heteroatoms. The molecule has 0 N–H and O–H groups in total. The summed E-state index contributed by atoms with van der Waals surface area (Å²) in [5, 5.41) is 9.27. The van der Waals surface area contributed by atoms with Gasteiger partial charge in [-0.1, -0.05) is 19.8 Å². The van der Waals surface area contributed by atoms with Crippen molar-refractivity contribution in [1.82, 2.24) is 0 Å². The zero-order valence-electron chi connectivity index (χ0n) is 10.8. The largest absolute Gasteiger partial charge is 0.222 e. The number of halogens is 1. The Labute approximate surface area is 113 Å². The van der Waals surface area contributed by atoms with Crippen molar-refractivity contribution in [3.8, 4) is 6.07 Å². The van der Waals surface area contributed by atoms with Crippen LogP contribution in [0.15, 0.2) is 29.2 Å². The van der Waals surface area contributed by atoms with E-state index in [1.165, 1.54) is 12.1 Å². The van der Waals surface area contributed by atoms with E-state index in [1.807, 2.05) is 13.0 Å². The van der Waals surface area contributed by atoms with Gasteiger partial charge in [-0.25, -0.2) is 12.8 Å². The van der Waals surface area contributed by atoms with E-state index in [0.29, 0.717) is 18.8 Å². The topological polar surface area (TPSA) is 57.9 Å². The minimum Gasteiger partial charge on any atom is -0.222 e. The summed E-state index contributed by atoms with van der Waals surface area (Å²) in [7, 11) is -3.71. The molecule has 0 radical (unpaired) electrons. The number of hydrogen-bond donors (Lipinski definition) is 0. The minimum atomic E-state index is -3.71. The second-order valence-electron chi connectivity index (χ2n) is 5.13. The van der Waals surface area contributed by atoms with Crippen LogP contribution in [0.3, 0.4) is 0 Å². The molecule has 102 valence electrons. The van der Waals surface area contributed by atoms with Crippen molar-refractivity contribution in [2.24, 2.45) is 5.92 Å². The highest BCUT2D eigenvalue weighted by molar-refractivity contribution is 7.93. The van der Waals surface area contributed by atoms with E-state index in [4.69, 9.17) is 0 Å². The molecule has 0 aliphatic heterocycles. The third-order valence-electron chi connectivity index (χ3n) is 3.78. The van der Waals surface area contributed by atoms with Gasteiger partial charge in [-0.2, -0.15) is 5.26 Å². The smallest absolute Gasteiger partial charge is 0.197 e. The molecule has 2 rings (SSSR count). The van der Waals surface area contributed by atoms with Gasteiger partial charge in [-0.3, -0.25) is 0 Å². The van der Waals surface area contributed by atoms with Crippen LogP contribution in [0.25, 0.3) is 0 Å². The van der Waals surface area contributed by atoms with E-state index < -0.39 is 20.4 Å². The van der Waals surface area contributed by atoms with Crippen molar-refractivity contribution in [2.45, 2.75) is 42.2 Å². The lowest BCUT2D eigenvalue weighted by atomic mass is 9.73. The molecule has 0 bridgehead atoms. The van der Waals surface area contributed by atoms with Crippen molar-refractivity contribution in [3.63, 3.8) is 0 Å². The summed E-state index contributed by atoms with van der Waals surface area (Å²) in [6, 6.07) is 6.66. The van der Waals surface area contributed by atoms with Crippen LogP contribution >= 0.6 is 0 Å². The maximum Gasteiger partial charge on any atom is 0.197 e. The van der Waals surface area contributed by atoms with E-state index in [1.54, 1.807) is 0 Å². The molecule has 19 heavy (non-hydrogen) atoms. The van der Waals surface area contributed by atoms with Crippen LogP contribution < -0.4 is 0 Å². The summed E-state index contributed by atoms with van der Waals surface area (Å²) < 4.78 is 36.5. The maximum atomic E-state index is 12.9. The third-order valence-corrected chi connectivity index (χ3v) is 6.12. The number of nitriles is 1. The Bertz CT molecular complexity index is 595. The monoisotopic (exact) mass is 281 g/mol. The van der Waals surface area contributed by atoms with Gasteiger partial charge in [0.25, 0.3) is 0 Å². The molecular formula is C14H16FNO2S. The molecular weight excluding hydrogens is 265 g/mol. The molecule has 0 heterocycles. The number of sulfone groups is 1. The normalized spacial score (nSPS) is 26.5. The fraction of sp³-hybridized carbons (Fsp3) is 0.500. The SMILES string of the molecule is CCCC1CC(C#N)(S(=O)(=O)c2ccc(F)cc2)C1. The van der Waals surface area contributed by atoms with Gasteiger partial charge in [0.05, 0.1) is 11.0 Å². The maximum absolute atomic E-state index is 12.9. The average Bonchev–Trinajstić information content (AvgIpc) is 2.33. The summed E-state index contributed by atoms with van der Waals surface area (Å²) >= 11 is 0. The van der Waals surface area contributed by atoms with Gasteiger partial charge >= 0.3 is 0 Å². The predicted molar refractivity (Wildman–Crippen MR) is 69.6 cm³/mol. The zero-order valence-corrected chi connectivity index (χ0v) is 11.6. The van der Waals surface area contributed by atoms with Crippen LogP contribution in [-0.4, -0.2) is 13.2 Å². The van der Waals surface area contributed by atoms with Gasteiger partial charge in [-0.15, -0.1) is 0 Å². The minimum absolute atomic E-state index is 0.0328. The summed E-state index contributed by atoms with van der Waals surface area (Å²) in [6.07, 6.45) is 2.71. The number of benzene rings is 1. The highest BCUT2D eigenvalue weighted by Gasteiger charge is 2.54. The lowest BCUT2D eigenvalue weighted by molar-refractivity contribution is 0.247. The molecule has 1 saturated carbocycles. The van der Waals surface area contributed by atoms with E-state index in [9.17, 15) is 18.1 Å². The molecule has 1 aromatic carbocycles. The Kier molecular flexibility index (Phi) is 3.64. The molecule has 0 amide bonds. The van der Waals surface area contributed by atoms with Crippen molar-refractivity contribution in [3.05, 3.63) is 30.1 Å². The van der Waals surface area contributed by atoms with E-state index in [2.05, 4.69) is 0 Å². The fourth-order valence-corrected chi connectivity index (χ4v) is 4.67. The van der Waals surface area contributed by atoms with Gasteiger partial charge in [0.1, 0.15) is 5.82 Å². The first-order valence-electron chi connectivity index (χ1n) is 6.36. The first kappa shape index (κ1) is 14.0. The lowest BCUT2D eigenvalue weighted by Crippen LogP contribution is -2.49. The molecule has 3 nitrogen and oxygen atoms in total. The van der Waals surface area contributed by atoms with Crippen LogP contribution in [0.1, 0.15) is 32.6 Å². The number of rotatable bonds is 4. The third kappa shape index (κ3) is 2.25. The van der Waals surface area contributed by atoms with Crippen LogP contribution in [0.4, 0.5) is 4.39 Å². The molecule has 0 unspecified atom stereocenters. The molecule has 1 aliphatic carbocycles.